The molecule has 0 saturated carbocycles. The van der Waals surface area contributed by atoms with Crippen LogP contribution in [0.15, 0.2) is 12.1 Å². The monoisotopic (exact) mass is 290 g/mol. The summed E-state index contributed by atoms with van der Waals surface area (Å²) in [5.41, 5.74) is 6.79. The first kappa shape index (κ1) is 14.2. The number of primary amides is 1. The van der Waals surface area contributed by atoms with Crippen LogP contribution in [0.4, 0.5) is 4.39 Å². The van der Waals surface area contributed by atoms with Gasteiger partial charge < -0.3 is 10.5 Å². The third-order valence-electron chi connectivity index (χ3n) is 5.00. The van der Waals surface area contributed by atoms with Crippen LogP contribution in [-0.4, -0.2) is 30.7 Å². The minimum absolute atomic E-state index is 0.157. The maximum absolute atomic E-state index is 14.4. The minimum Gasteiger partial charge on any atom is -0.368 e. The van der Waals surface area contributed by atoms with Gasteiger partial charge in [-0.3, -0.25) is 9.69 Å². The van der Waals surface area contributed by atoms with Gasteiger partial charge in [-0.2, -0.15) is 0 Å². The van der Waals surface area contributed by atoms with Crippen LogP contribution in [0.1, 0.15) is 29.5 Å². The van der Waals surface area contributed by atoms with Crippen molar-refractivity contribution in [2.45, 2.75) is 31.2 Å². The van der Waals surface area contributed by atoms with E-state index >= 15 is 0 Å². The van der Waals surface area contributed by atoms with E-state index in [1.54, 1.807) is 0 Å². The van der Waals surface area contributed by atoms with Crippen LogP contribution in [0.2, 0.25) is 0 Å². The van der Waals surface area contributed by atoms with Gasteiger partial charge in [-0.15, -0.1) is 0 Å². The van der Waals surface area contributed by atoms with E-state index in [1.165, 1.54) is 6.07 Å². The van der Waals surface area contributed by atoms with E-state index in [4.69, 9.17) is 5.73 Å². The Kier molecular flexibility index (Phi) is 3.32. The van der Waals surface area contributed by atoms with E-state index in [1.807, 2.05) is 18.0 Å². The molecule has 1 saturated heterocycles. The summed E-state index contributed by atoms with van der Waals surface area (Å²) >= 11 is 0. The van der Waals surface area contributed by atoms with Crippen LogP contribution in [-0.2, 0) is 28.0 Å². The summed E-state index contributed by atoms with van der Waals surface area (Å²) in [5, 5.41) is 0. The first-order valence-electron chi connectivity index (χ1n) is 7.27. The number of aldehydes is 1. The highest BCUT2D eigenvalue weighted by Crippen LogP contribution is 2.40. The van der Waals surface area contributed by atoms with E-state index in [-0.39, 0.29) is 11.7 Å². The zero-order chi connectivity index (χ0) is 15.2. The molecule has 3 rings (SSSR count). The Bertz CT molecular complexity index is 617. The van der Waals surface area contributed by atoms with Crippen molar-refractivity contribution in [3.63, 3.8) is 0 Å². The summed E-state index contributed by atoms with van der Waals surface area (Å²) < 4.78 is 14.4. The maximum Gasteiger partial charge on any atom is 0.242 e. The molecule has 21 heavy (non-hydrogen) atoms. The normalized spacial score (nSPS) is 28.6. The van der Waals surface area contributed by atoms with Crippen molar-refractivity contribution < 1.29 is 14.0 Å². The van der Waals surface area contributed by atoms with Crippen LogP contribution in [0, 0.1) is 11.7 Å². The van der Waals surface area contributed by atoms with E-state index in [0.717, 1.165) is 24.8 Å². The van der Waals surface area contributed by atoms with Crippen molar-refractivity contribution >= 4 is 12.2 Å². The van der Waals surface area contributed by atoms with Crippen molar-refractivity contribution in [3.05, 3.63) is 34.6 Å². The smallest absolute Gasteiger partial charge is 0.242 e. The van der Waals surface area contributed by atoms with Crippen molar-refractivity contribution in [1.82, 2.24) is 4.90 Å². The molecule has 0 bridgehead atoms. The second-order valence-corrected chi connectivity index (χ2v) is 6.15. The Morgan fingerprint density at radius 1 is 1.48 bits per heavy atom. The van der Waals surface area contributed by atoms with Gasteiger partial charge >= 0.3 is 0 Å². The number of likely N-dealkylation sites (N-methyl/N-ethyl adjacent to an activating group) is 1. The Morgan fingerprint density at radius 2 is 2.24 bits per heavy atom. The van der Waals surface area contributed by atoms with E-state index in [9.17, 15) is 14.0 Å². The van der Waals surface area contributed by atoms with Crippen LogP contribution in [0.3, 0.4) is 0 Å². The molecular formula is C16H19FN2O2. The SMILES string of the molecule is CN1CCCC1(C(N)=O)c1cc(F)c2c(c1)CC(C=O)C2. The largest absolute Gasteiger partial charge is 0.368 e. The molecule has 0 radical (unpaired) electrons. The van der Waals surface area contributed by atoms with Crippen LogP contribution >= 0.6 is 0 Å². The molecule has 112 valence electrons. The van der Waals surface area contributed by atoms with Gasteiger partial charge in [0.15, 0.2) is 0 Å². The number of nitrogens with two attached hydrogens (primary N) is 1. The van der Waals surface area contributed by atoms with Gasteiger partial charge in [-0.05, 0) is 62.0 Å². The number of nitrogens with zero attached hydrogens (tertiary/aromatic N) is 1. The molecule has 1 heterocycles. The number of fused-ring (bicyclic) bond motifs is 1. The number of carbonyl (C=O) groups is 2. The number of benzene rings is 1. The molecule has 5 heteroatoms. The van der Waals surface area contributed by atoms with E-state index in [0.29, 0.717) is 30.4 Å². The average Bonchev–Trinajstić information content (AvgIpc) is 3.02. The third-order valence-corrected chi connectivity index (χ3v) is 5.00. The molecule has 2 unspecified atom stereocenters. The topological polar surface area (TPSA) is 63.4 Å². The number of hydrogen-bond acceptors (Lipinski definition) is 3. The summed E-state index contributed by atoms with van der Waals surface area (Å²) in [6.07, 6.45) is 3.33. The quantitative estimate of drug-likeness (QED) is 0.849. The Morgan fingerprint density at radius 3 is 2.81 bits per heavy atom. The molecule has 4 nitrogen and oxygen atoms in total. The zero-order valence-corrected chi connectivity index (χ0v) is 12.1. The molecule has 0 spiro atoms. The zero-order valence-electron chi connectivity index (χ0n) is 12.1. The lowest BCUT2D eigenvalue weighted by molar-refractivity contribution is -0.128. The highest BCUT2D eigenvalue weighted by atomic mass is 19.1. The van der Waals surface area contributed by atoms with Crippen molar-refractivity contribution in [1.29, 1.82) is 0 Å². The van der Waals surface area contributed by atoms with Crippen LogP contribution < -0.4 is 5.73 Å². The van der Waals surface area contributed by atoms with Gasteiger partial charge in [0.1, 0.15) is 17.6 Å². The Balaban J connectivity index is 2.10. The fraction of sp³-hybridized carbons (Fsp3) is 0.500. The van der Waals surface area contributed by atoms with Crippen LogP contribution in [0.25, 0.3) is 0 Å². The highest BCUT2D eigenvalue weighted by Gasteiger charge is 2.46. The molecule has 1 fully saturated rings. The summed E-state index contributed by atoms with van der Waals surface area (Å²) in [4.78, 5) is 24.9. The van der Waals surface area contributed by atoms with Gasteiger partial charge in [-0.25, -0.2) is 4.39 Å². The van der Waals surface area contributed by atoms with E-state index < -0.39 is 11.4 Å². The minimum atomic E-state index is -0.921. The van der Waals surface area contributed by atoms with Crippen molar-refractivity contribution in [2.24, 2.45) is 11.7 Å². The van der Waals surface area contributed by atoms with Gasteiger partial charge in [0.05, 0.1) is 0 Å². The molecule has 0 aromatic heterocycles. The molecular weight excluding hydrogens is 271 g/mol. The summed E-state index contributed by atoms with van der Waals surface area (Å²) in [6, 6.07) is 3.30. The summed E-state index contributed by atoms with van der Waals surface area (Å²) in [6.45, 7) is 0.763. The number of rotatable bonds is 3. The predicted molar refractivity (Wildman–Crippen MR) is 76.1 cm³/mol. The lowest BCUT2D eigenvalue weighted by Gasteiger charge is -2.34. The highest BCUT2D eigenvalue weighted by molar-refractivity contribution is 5.86. The lowest BCUT2D eigenvalue weighted by atomic mass is 9.85. The average molecular weight is 290 g/mol. The Labute approximate surface area is 123 Å². The predicted octanol–water partition coefficient (Wildman–Crippen LogP) is 1.15. The number of likely N-dealkylation sites (tertiary alicyclic amines) is 1. The molecule has 2 aliphatic rings. The number of amides is 1. The second kappa shape index (κ2) is 4.91. The fourth-order valence-corrected chi connectivity index (χ4v) is 3.83. The fourth-order valence-electron chi connectivity index (χ4n) is 3.83. The first-order chi connectivity index (χ1) is 9.99. The number of hydrogen-bond donors (Lipinski definition) is 1. The third kappa shape index (κ3) is 1.99. The van der Waals surface area contributed by atoms with Gasteiger partial charge in [0.25, 0.3) is 0 Å². The molecule has 2 N–H and O–H groups in total. The van der Waals surface area contributed by atoms with Gasteiger partial charge in [-0.1, -0.05) is 6.07 Å². The summed E-state index contributed by atoms with van der Waals surface area (Å²) in [5.74, 6) is -0.921. The molecule has 1 aliphatic carbocycles. The van der Waals surface area contributed by atoms with E-state index in [2.05, 4.69) is 0 Å². The van der Waals surface area contributed by atoms with Crippen LogP contribution in [0.5, 0.6) is 0 Å². The number of halogens is 1. The molecule has 1 aromatic carbocycles. The Hall–Kier alpha value is -1.75. The molecule has 1 amide bonds. The van der Waals surface area contributed by atoms with Gasteiger partial charge in [0, 0.05) is 5.92 Å². The van der Waals surface area contributed by atoms with Gasteiger partial charge in [0.2, 0.25) is 5.91 Å². The standard InChI is InChI=1S/C16H19FN2O2/c1-19-4-2-3-16(19,15(18)21)12-7-11-5-10(9-20)6-13(11)14(17)8-12/h7-10H,2-6H2,1H3,(H2,18,21). The maximum atomic E-state index is 14.4. The molecule has 2 atom stereocenters. The van der Waals surface area contributed by atoms with Crippen molar-refractivity contribution in [2.75, 3.05) is 13.6 Å². The second-order valence-electron chi connectivity index (χ2n) is 6.15. The molecule has 1 aromatic rings. The van der Waals surface area contributed by atoms with Crippen molar-refractivity contribution in [3.8, 4) is 0 Å². The summed E-state index contributed by atoms with van der Waals surface area (Å²) in [7, 11) is 1.84. The first-order valence-corrected chi connectivity index (χ1v) is 7.27. The molecule has 1 aliphatic heterocycles. The number of carbonyl (C=O) groups excluding carboxylic acids is 2. The lowest BCUT2D eigenvalue weighted by Crippen LogP contribution is -2.49.